The number of halogens is 1. The lowest BCUT2D eigenvalue weighted by atomic mass is 9.68. The van der Waals surface area contributed by atoms with Crippen LogP contribution in [0, 0.1) is 11.3 Å². The third-order valence-corrected chi connectivity index (χ3v) is 7.95. The van der Waals surface area contributed by atoms with Crippen LogP contribution in [0.15, 0.2) is 10.4 Å². The predicted molar refractivity (Wildman–Crippen MR) is 129 cm³/mol. The van der Waals surface area contributed by atoms with Crippen LogP contribution in [0.2, 0.25) is 0 Å². The normalized spacial score (nSPS) is 22.9. The van der Waals surface area contributed by atoms with Gasteiger partial charge in [0, 0.05) is 38.6 Å². The van der Waals surface area contributed by atoms with Crippen molar-refractivity contribution in [3.8, 4) is 0 Å². The molecule has 0 aromatic carbocycles. The monoisotopic (exact) mass is 517 g/mol. The first-order valence-corrected chi connectivity index (χ1v) is 11.7. The maximum Gasteiger partial charge on any atom is 0.193 e. The summed E-state index contributed by atoms with van der Waals surface area (Å²) in [5.41, 5.74) is 1.89. The van der Waals surface area contributed by atoms with E-state index >= 15 is 0 Å². The van der Waals surface area contributed by atoms with E-state index in [0.29, 0.717) is 5.41 Å². The highest BCUT2D eigenvalue weighted by Crippen LogP contribution is 2.47. The number of piperidine rings is 1. The quantitative estimate of drug-likeness (QED) is 0.365. The van der Waals surface area contributed by atoms with E-state index in [0.717, 1.165) is 31.4 Å². The summed E-state index contributed by atoms with van der Waals surface area (Å²) in [7, 11) is 1.94. The summed E-state index contributed by atoms with van der Waals surface area (Å²) in [4.78, 5) is 14.4. The minimum Gasteiger partial charge on any atom is -0.356 e. The van der Waals surface area contributed by atoms with Gasteiger partial charge in [-0.25, -0.2) is 4.98 Å². The van der Waals surface area contributed by atoms with Gasteiger partial charge in [-0.1, -0.05) is 13.3 Å². The number of nitrogens with one attached hydrogen (secondary N) is 1. The molecule has 0 unspecified atom stereocenters. The SMILES string of the molecule is CCc1nc(CN2CCC(CNC(=NC)N3CCC4(CCC4)C3)CC2)cs1.I. The molecule has 28 heavy (non-hydrogen) atoms. The highest BCUT2D eigenvalue weighted by molar-refractivity contribution is 14.0. The Morgan fingerprint density at radius 2 is 2.07 bits per heavy atom. The van der Waals surface area contributed by atoms with Gasteiger partial charge in [-0.15, -0.1) is 35.3 Å². The minimum absolute atomic E-state index is 0. The molecule has 0 bridgehead atoms. The zero-order valence-electron chi connectivity index (χ0n) is 17.5. The number of hydrogen-bond acceptors (Lipinski definition) is 4. The molecule has 1 aromatic rings. The van der Waals surface area contributed by atoms with E-state index in [1.54, 1.807) is 11.3 Å². The number of guanidine groups is 1. The van der Waals surface area contributed by atoms with Gasteiger partial charge < -0.3 is 10.2 Å². The number of hydrogen-bond donors (Lipinski definition) is 1. The highest BCUT2D eigenvalue weighted by Gasteiger charge is 2.43. The highest BCUT2D eigenvalue weighted by atomic mass is 127. The molecule has 1 aromatic heterocycles. The summed E-state index contributed by atoms with van der Waals surface area (Å²) in [6, 6.07) is 0. The van der Waals surface area contributed by atoms with Crippen LogP contribution in [0.3, 0.4) is 0 Å². The fourth-order valence-electron chi connectivity index (χ4n) is 4.93. The number of aryl methyl sites for hydroxylation is 1. The predicted octanol–water partition coefficient (Wildman–Crippen LogP) is 3.99. The van der Waals surface area contributed by atoms with E-state index < -0.39 is 0 Å². The second-order valence-electron chi connectivity index (χ2n) is 8.76. The zero-order chi connectivity index (χ0) is 18.7. The van der Waals surface area contributed by atoms with Crippen molar-refractivity contribution in [1.29, 1.82) is 0 Å². The van der Waals surface area contributed by atoms with Crippen molar-refractivity contribution < 1.29 is 0 Å². The van der Waals surface area contributed by atoms with Gasteiger partial charge in [0.1, 0.15) is 0 Å². The van der Waals surface area contributed by atoms with Crippen molar-refractivity contribution in [2.45, 2.75) is 58.4 Å². The molecule has 0 amide bonds. The number of aliphatic imine (C=N–C) groups is 1. The molecule has 3 heterocycles. The summed E-state index contributed by atoms with van der Waals surface area (Å²) in [6.07, 6.45) is 9.26. The molecule has 5 nitrogen and oxygen atoms in total. The third kappa shape index (κ3) is 5.19. The second kappa shape index (κ2) is 10.1. The largest absolute Gasteiger partial charge is 0.356 e. The van der Waals surface area contributed by atoms with Crippen molar-refractivity contribution in [2.24, 2.45) is 16.3 Å². The van der Waals surface area contributed by atoms with Gasteiger partial charge in [0.15, 0.2) is 5.96 Å². The van der Waals surface area contributed by atoms with Crippen LogP contribution in [0.5, 0.6) is 0 Å². The number of nitrogens with zero attached hydrogens (tertiary/aromatic N) is 4. The van der Waals surface area contributed by atoms with Crippen molar-refractivity contribution in [3.05, 3.63) is 16.1 Å². The Kier molecular flexibility index (Phi) is 8.01. The summed E-state index contributed by atoms with van der Waals surface area (Å²) in [5, 5.41) is 7.19. The van der Waals surface area contributed by atoms with Crippen LogP contribution >= 0.6 is 35.3 Å². The molecule has 3 fully saturated rings. The molecule has 0 atom stereocenters. The summed E-state index contributed by atoms with van der Waals surface area (Å²) in [5.74, 6) is 1.90. The maximum absolute atomic E-state index is 4.72. The van der Waals surface area contributed by atoms with Crippen molar-refractivity contribution in [1.82, 2.24) is 20.1 Å². The topological polar surface area (TPSA) is 43.8 Å². The summed E-state index contributed by atoms with van der Waals surface area (Å²) < 4.78 is 0. The summed E-state index contributed by atoms with van der Waals surface area (Å²) >= 11 is 1.80. The molecular formula is C21H36IN5S. The molecule has 0 radical (unpaired) electrons. The van der Waals surface area contributed by atoms with Gasteiger partial charge in [0.2, 0.25) is 0 Å². The van der Waals surface area contributed by atoms with Crippen LogP contribution in [0.1, 0.15) is 56.2 Å². The average Bonchev–Trinajstić information content (AvgIpc) is 3.31. The molecule has 1 aliphatic carbocycles. The number of rotatable bonds is 5. The first-order valence-electron chi connectivity index (χ1n) is 10.8. The van der Waals surface area contributed by atoms with Gasteiger partial charge in [0.05, 0.1) is 10.7 Å². The van der Waals surface area contributed by atoms with Crippen LogP contribution in [-0.4, -0.2) is 60.5 Å². The molecule has 2 aliphatic heterocycles. The molecule has 158 valence electrons. The van der Waals surface area contributed by atoms with Crippen LogP contribution in [-0.2, 0) is 13.0 Å². The zero-order valence-corrected chi connectivity index (χ0v) is 20.6. The fourth-order valence-corrected chi connectivity index (χ4v) is 5.67. The number of thiazole rings is 1. The van der Waals surface area contributed by atoms with Gasteiger partial charge in [-0.05, 0) is 62.9 Å². The second-order valence-corrected chi connectivity index (χ2v) is 9.70. The smallest absolute Gasteiger partial charge is 0.193 e. The summed E-state index contributed by atoms with van der Waals surface area (Å²) in [6.45, 7) is 9.07. The van der Waals surface area contributed by atoms with Crippen LogP contribution < -0.4 is 5.32 Å². The van der Waals surface area contributed by atoms with Crippen molar-refractivity contribution in [3.63, 3.8) is 0 Å². The first-order chi connectivity index (χ1) is 13.2. The lowest BCUT2D eigenvalue weighted by Gasteiger charge is -2.38. The molecule has 1 saturated carbocycles. The van der Waals surface area contributed by atoms with Crippen molar-refractivity contribution in [2.75, 3.05) is 39.8 Å². The van der Waals surface area contributed by atoms with E-state index in [9.17, 15) is 0 Å². The Hall–Kier alpha value is -0.410. The molecule has 2 saturated heterocycles. The lowest BCUT2D eigenvalue weighted by molar-refractivity contribution is 0.151. The fraction of sp³-hybridized carbons (Fsp3) is 0.810. The Morgan fingerprint density at radius 3 is 2.64 bits per heavy atom. The van der Waals surface area contributed by atoms with Crippen LogP contribution in [0.25, 0.3) is 0 Å². The number of aromatic nitrogens is 1. The third-order valence-electron chi connectivity index (χ3n) is 6.91. The van der Waals surface area contributed by atoms with Gasteiger partial charge in [0.25, 0.3) is 0 Å². The molecular weight excluding hydrogens is 481 g/mol. The van der Waals surface area contributed by atoms with E-state index in [2.05, 4.69) is 32.4 Å². The Morgan fingerprint density at radius 1 is 1.29 bits per heavy atom. The Balaban J connectivity index is 0.00000225. The number of likely N-dealkylation sites (tertiary alicyclic amines) is 2. The van der Waals surface area contributed by atoms with E-state index in [1.165, 1.54) is 75.4 Å². The van der Waals surface area contributed by atoms with E-state index in [-0.39, 0.29) is 24.0 Å². The van der Waals surface area contributed by atoms with Gasteiger partial charge in [-0.3, -0.25) is 9.89 Å². The van der Waals surface area contributed by atoms with Crippen molar-refractivity contribution >= 4 is 41.3 Å². The molecule has 4 rings (SSSR count). The molecule has 7 heteroatoms. The Labute approximate surface area is 191 Å². The van der Waals surface area contributed by atoms with Gasteiger partial charge >= 0.3 is 0 Å². The first kappa shape index (κ1) is 22.3. The lowest BCUT2D eigenvalue weighted by Crippen LogP contribution is -2.45. The van der Waals surface area contributed by atoms with E-state index in [4.69, 9.17) is 4.98 Å². The van der Waals surface area contributed by atoms with Gasteiger partial charge in [-0.2, -0.15) is 0 Å². The van der Waals surface area contributed by atoms with E-state index in [1.807, 2.05) is 7.05 Å². The molecule has 3 aliphatic rings. The average molecular weight is 518 g/mol. The maximum atomic E-state index is 4.72. The molecule has 1 spiro atoms. The van der Waals surface area contributed by atoms with Crippen LogP contribution in [0.4, 0.5) is 0 Å². The Bertz CT molecular complexity index is 649. The molecule has 1 N–H and O–H groups in total. The minimum atomic E-state index is 0. The standard InChI is InChI=1S/C21H35N5S.HI/c1-3-19-24-18(15-27-19)14-25-10-5-17(6-11-25)13-23-20(22-2)26-12-9-21(16-26)7-4-8-21;/h15,17H,3-14,16H2,1-2H3,(H,22,23);1H.